The Balaban J connectivity index is 1.91. The highest BCUT2D eigenvalue weighted by Crippen LogP contribution is 2.38. The number of nitro benzene ring substituents is 1. The van der Waals surface area contributed by atoms with E-state index in [0.29, 0.717) is 0 Å². The molecule has 2 heterocycles. The van der Waals surface area contributed by atoms with Gasteiger partial charge in [-0.1, -0.05) is 6.07 Å². The highest BCUT2D eigenvalue weighted by Gasteiger charge is 2.41. The Labute approximate surface area is 114 Å². The van der Waals surface area contributed by atoms with Crippen molar-refractivity contribution in [1.82, 2.24) is 0 Å². The molecule has 0 amide bonds. The molecule has 0 radical (unpaired) electrons. The maximum Gasteiger partial charge on any atom is 0.342 e. The monoisotopic (exact) mass is 278 g/mol. The maximum absolute atomic E-state index is 11.2. The first-order chi connectivity index (χ1) is 9.56. The third-order valence-corrected chi connectivity index (χ3v) is 3.90. The zero-order valence-corrected chi connectivity index (χ0v) is 10.6. The molecule has 2 aliphatic heterocycles. The fourth-order valence-electron chi connectivity index (χ4n) is 3.02. The Morgan fingerprint density at radius 1 is 1.45 bits per heavy atom. The van der Waals surface area contributed by atoms with Gasteiger partial charge in [-0.3, -0.25) is 10.1 Å². The molecule has 0 aromatic heterocycles. The van der Waals surface area contributed by atoms with E-state index in [4.69, 9.17) is 9.84 Å². The van der Waals surface area contributed by atoms with Crippen molar-refractivity contribution in [2.75, 3.05) is 5.32 Å². The summed E-state index contributed by atoms with van der Waals surface area (Å²) in [5.74, 6) is -1.30. The number of hydrogen-bond acceptors (Lipinski definition) is 5. The van der Waals surface area contributed by atoms with Crippen LogP contribution in [0.3, 0.4) is 0 Å². The third kappa shape index (κ3) is 2.09. The maximum atomic E-state index is 11.2. The van der Waals surface area contributed by atoms with Crippen molar-refractivity contribution in [1.29, 1.82) is 0 Å². The van der Waals surface area contributed by atoms with Crippen LogP contribution in [0.4, 0.5) is 11.4 Å². The molecule has 0 spiro atoms. The van der Waals surface area contributed by atoms with Crippen molar-refractivity contribution in [2.45, 2.75) is 37.5 Å². The minimum atomic E-state index is -1.30. The smallest absolute Gasteiger partial charge is 0.342 e. The number of nitrogens with zero attached hydrogens (tertiary/aromatic N) is 1. The number of hydrogen-bond donors (Lipinski definition) is 2. The lowest BCUT2D eigenvalue weighted by Gasteiger charge is -2.21. The van der Waals surface area contributed by atoms with E-state index >= 15 is 0 Å². The summed E-state index contributed by atoms with van der Waals surface area (Å²) in [6.07, 6.45) is 3.06. The second-order valence-electron chi connectivity index (χ2n) is 5.12. The molecule has 1 aromatic rings. The van der Waals surface area contributed by atoms with Crippen LogP contribution in [0.5, 0.6) is 0 Å². The van der Waals surface area contributed by atoms with Gasteiger partial charge in [-0.2, -0.15) is 0 Å². The molecule has 7 heteroatoms. The zero-order chi connectivity index (χ0) is 14.3. The van der Waals surface area contributed by atoms with Crippen LogP contribution in [0, 0.1) is 10.1 Å². The minimum absolute atomic E-state index is 0.0106. The number of para-hydroxylation sites is 1. The quantitative estimate of drug-likeness (QED) is 0.645. The average Bonchev–Trinajstić information content (AvgIpc) is 3.00. The van der Waals surface area contributed by atoms with E-state index in [-0.39, 0.29) is 35.2 Å². The van der Waals surface area contributed by atoms with Crippen molar-refractivity contribution in [3.05, 3.63) is 33.9 Å². The lowest BCUT2D eigenvalue weighted by molar-refractivity contribution is -0.384. The number of rotatable bonds is 4. The predicted molar refractivity (Wildman–Crippen MR) is 70.0 cm³/mol. The van der Waals surface area contributed by atoms with Crippen LogP contribution in [0.2, 0.25) is 0 Å². The Hall–Kier alpha value is -2.15. The number of nitro groups is 1. The van der Waals surface area contributed by atoms with E-state index in [0.717, 1.165) is 19.3 Å². The van der Waals surface area contributed by atoms with Crippen LogP contribution in [0.15, 0.2) is 18.2 Å². The Morgan fingerprint density at radius 2 is 2.25 bits per heavy atom. The molecule has 106 valence electrons. The SMILES string of the molecule is O=C(O)c1cccc(NC2CC3CCC2O3)c1[N+](=O)[O-]. The van der Waals surface area contributed by atoms with Gasteiger partial charge in [0.2, 0.25) is 0 Å². The first-order valence-corrected chi connectivity index (χ1v) is 6.49. The minimum Gasteiger partial charge on any atom is -0.477 e. The summed E-state index contributed by atoms with van der Waals surface area (Å²) in [7, 11) is 0. The number of ether oxygens (including phenoxy) is 1. The van der Waals surface area contributed by atoms with Crippen molar-refractivity contribution >= 4 is 17.3 Å². The Bertz CT molecular complexity index is 574. The second kappa shape index (κ2) is 4.75. The van der Waals surface area contributed by atoms with Gasteiger partial charge in [0.1, 0.15) is 11.3 Å². The van der Waals surface area contributed by atoms with E-state index in [9.17, 15) is 14.9 Å². The molecule has 20 heavy (non-hydrogen) atoms. The van der Waals surface area contributed by atoms with E-state index in [1.54, 1.807) is 0 Å². The molecule has 2 fully saturated rings. The molecular formula is C13H14N2O5. The summed E-state index contributed by atoms with van der Waals surface area (Å²) in [6.45, 7) is 0. The topological polar surface area (TPSA) is 102 Å². The standard InChI is InChI=1S/C13H14N2O5/c16-13(17)8-2-1-3-9(12(8)15(18)19)14-10-6-7-4-5-11(10)20-7/h1-3,7,10-11,14H,4-6H2,(H,16,17). The van der Waals surface area contributed by atoms with E-state index < -0.39 is 10.9 Å². The van der Waals surface area contributed by atoms with Gasteiger partial charge in [0.05, 0.1) is 23.2 Å². The number of benzene rings is 1. The van der Waals surface area contributed by atoms with E-state index in [1.165, 1.54) is 18.2 Å². The number of anilines is 1. The number of carbonyl (C=O) groups is 1. The zero-order valence-electron chi connectivity index (χ0n) is 10.6. The van der Waals surface area contributed by atoms with E-state index in [1.807, 2.05) is 0 Å². The molecule has 2 N–H and O–H groups in total. The molecule has 2 saturated heterocycles. The van der Waals surface area contributed by atoms with Gasteiger partial charge in [0, 0.05) is 0 Å². The molecule has 0 saturated carbocycles. The number of aromatic carboxylic acids is 1. The van der Waals surface area contributed by atoms with Crippen LogP contribution in [-0.4, -0.2) is 34.2 Å². The molecule has 3 atom stereocenters. The van der Waals surface area contributed by atoms with Gasteiger partial charge in [-0.05, 0) is 31.4 Å². The van der Waals surface area contributed by atoms with Gasteiger partial charge in [0.25, 0.3) is 0 Å². The van der Waals surface area contributed by atoms with Crippen molar-refractivity contribution in [3.8, 4) is 0 Å². The first kappa shape index (κ1) is 12.9. The summed E-state index contributed by atoms with van der Waals surface area (Å²) < 4.78 is 5.69. The highest BCUT2D eigenvalue weighted by molar-refractivity contribution is 5.95. The number of carboxylic acid groups (broad SMARTS) is 1. The average molecular weight is 278 g/mol. The first-order valence-electron chi connectivity index (χ1n) is 6.49. The number of carboxylic acids is 1. The summed E-state index contributed by atoms with van der Waals surface area (Å²) in [6, 6.07) is 4.29. The molecule has 3 unspecified atom stereocenters. The fraction of sp³-hybridized carbons (Fsp3) is 0.462. The lowest BCUT2D eigenvalue weighted by Crippen LogP contribution is -2.30. The third-order valence-electron chi connectivity index (χ3n) is 3.90. The highest BCUT2D eigenvalue weighted by atomic mass is 16.6. The van der Waals surface area contributed by atoms with E-state index in [2.05, 4.69) is 5.32 Å². The fourth-order valence-corrected chi connectivity index (χ4v) is 3.02. The molecule has 1 aromatic carbocycles. The van der Waals surface area contributed by atoms with Crippen LogP contribution < -0.4 is 5.32 Å². The van der Waals surface area contributed by atoms with Gasteiger partial charge < -0.3 is 15.2 Å². The van der Waals surface area contributed by atoms with Crippen LogP contribution >= 0.6 is 0 Å². The molecular weight excluding hydrogens is 264 g/mol. The summed E-state index contributed by atoms with van der Waals surface area (Å²) >= 11 is 0. The molecule has 7 nitrogen and oxygen atoms in total. The second-order valence-corrected chi connectivity index (χ2v) is 5.12. The van der Waals surface area contributed by atoms with Gasteiger partial charge in [0.15, 0.2) is 0 Å². The summed E-state index contributed by atoms with van der Waals surface area (Å²) in [5.41, 5.74) is -0.442. The van der Waals surface area contributed by atoms with Crippen LogP contribution in [0.25, 0.3) is 0 Å². The van der Waals surface area contributed by atoms with Crippen molar-refractivity contribution in [3.63, 3.8) is 0 Å². The Kier molecular flexibility index (Phi) is 3.06. The lowest BCUT2D eigenvalue weighted by atomic mass is 9.95. The van der Waals surface area contributed by atoms with Crippen LogP contribution in [-0.2, 0) is 4.74 Å². The normalized spacial score (nSPS) is 27.5. The molecule has 3 rings (SSSR count). The van der Waals surface area contributed by atoms with Crippen LogP contribution in [0.1, 0.15) is 29.6 Å². The van der Waals surface area contributed by atoms with Gasteiger partial charge in [-0.25, -0.2) is 4.79 Å². The van der Waals surface area contributed by atoms with Crippen molar-refractivity contribution < 1.29 is 19.6 Å². The van der Waals surface area contributed by atoms with Crippen molar-refractivity contribution in [2.24, 2.45) is 0 Å². The Morgan fingerprint density at radius 3 is 2.80 bits per heavy atom. The number of fused-ring (bicyclic) bond motifs is 2. The summed E-state index contributed by atoms with van der Waals surface area (Å²) in [5, 5.41) is 23.3. The van der Waals surface area contributed by atoms with Gasteiger partial charge >= 0.3 is 11.7 Å². The van der Waals surface area contributed by atoms with Gasteiger partial charge in [-0.15, -0.1) is 0 Å². The molecule has 2 aliphatic rings. The molecule has 2 bridgehead atoms. The largest absolute Gasteiger partial charge is 0.477 e. The summed E-state index contributed by atoms with van der Waals surface area (Å²) in [4.78, 5) is 21.6. The predicted octanol–water partition coefficient (Wildman–Crippen LogP) is 2.02. The molecule has 0 aliphatic carbocycles. The number of nitrogens with one attached hydrogen (secondary N) is 1.